The third kappa shape index (κ3) is 3.94. The Bertz CT molecular complexity index is 2060. The van der Waals surface area contributed by atoms with Gasteiger partial charge in [-0.25, -0.2) is 0 Å². The van der Waals surface area contributed by atoms with Crippen LogP contribution in [0.25, 0.3) is 56.2 Å². The summed E-state index contributed by atoms with van der Waals surface area (Å²) in [5.41, 5.74) is 10.7. The lowest BCUT2D eigenvalue weighted by Gasteiger charge is -2.27. The zero-order valence-electron chi connectivity index (χ0n) is 24.4. The Balaban J connectivity index is 1.26. The summed E-state index contributed by atoms with van der Waals surface area (Å²) in [4.78, 5) is 0. The lowest BCUT2D eigenvalue weighted by Crippen LogP contribution is -2.19. The maximum atomic E-state index is 4.15. The molecule has 0 aliphatic heterocycles. The normalized spacial score (nSPS) is 12.2. The molecule has 0 fully saturated rings. The van der Waals surface area contributed by atoms with E-state index in [0.29, 0.717) is 0 Å². The Labute approximate surface area is 247 Å². The highest BCUT2D eigenvalue weighted by Crippen LogP contribution is 2.36. The van der Waals surface area contributed by atoms with Crippen LogP contribution in [0.1, 0.15) is 43.2 Å². The Kier molecular flexibility index (Phi) is 6.21. The lowest BCUT2D eigenvalue weighted by molar-refractivity contribution is 0.640. The largest absolute Gasteiger partial charge is 0.309 e. The van der Waals surface area contributed by atoms with Crippen LogP contribution in [-0.4, -0.2) is 9.13 Å². The van der Waals surface area contributed by atoms with Crippen molar-refractivity contribution in [2.75, 3.05) is 0 Å². The zero-order chi connectivity index (χ0) is 28.8. The van der Waals surface area contributed by atoms with Gasteiger partial charge in [0.2, 0.25) is 0 Å². The number of benzene rings is 5. The molecule has 0 atom stereocenters. The SMILES string of the molecule is C=Cc1c(/C=C\C)c2ccccc2n1-c1ccc(C(C)(C)c2ccc(-n3c4ccccc4c4ccccc43)cc2)cc1. The molecule has 7 rings (SSSR count). The van der Waals surface area contributed by atoms with E-state index in [1.165, 1.54) is 55.1 Å². The molecule has 0 aliphatic rings. The van der Waals surface area contributed by atoms with Crippen LogP contribution in [0.15, 0.2) is 134 Å². The number of fused-ring (bicyclic) bond motifs is 4. The number of hydrogen-bond acceptors (Lipinski definition) is 0. The summed E-state index contributed by atoms with van der Waals surface area (Å²) < 4.78 is 4.69. The van der Waals surface area contributed by atoms with E-state index in [1.54, 1.807) is 0 Å². The lowest BCUT2D eigenvalue weighted by atomic mass is 9.78. The fraction of sp³-hybridized carbons (Fsp3) is 0.100. The predicted octanol–water partition coefficient (Wildman–Crippen LogP) is 10.7. The van der Waals surface area contributed by atoms with E-state index in [0.717, 1.165) is 11.4 Å². The molecule has 0 amide bonds. The molecule has 5 aromatic carbocycles. The maximum Gasteiger partial charge on any atom is 0.0541 e. The summed E-state index contributed by atoms with van der Waals surface area (Å²) in [6.45, 7) is 10.8. The molecule has 0 aliphatic carbocycles. The molecule has 0 saturated carbocycles. The van der Waals surface area contributed by atoms with E-state index in [-0.39, 0.29) is 5.41 Å². The first-order chi connectivity index (χ1) is 20.5. The molecule has 7 aromatic rings. The monoisotopic (exact) mass is 542 g/mol. The van der Waals surface area contributed by atoms with E-state index in [1.807, 2.05) is 6.08 Å². The summed E-state index contributed by atoms with van der Waals surface area (Å²) in [5, 5.41) is 3.80. The van der Waals surface area contributed by atoms with Gasteiger partial charge in [-0.2, -0.15) is 0 Å². The Morgan fingerprint density at radius 3 is 1.45 bits per heavy atom. The van der Waals surface area contributed by atoms with Crippen molar-refractivity contribution in [2.24, 2.45) is 0 Å². The smallest absolute Gasteiger partial charge is 0.0541 e. The molecule has 2 heterocycles. The van der Waals surface area contributed by atoms with Crippen LogP contribution >= 0.6 is 0 Å². The van der Waals surface area contributed by atoms with Gasteiger partial charge in [-0.15, -0.1) is 0 Å². The Morgan fingerprint density at radius 1 is 0.548 bits per heavy atom. The number of nitrogens with zero attached hydrogens (tertiary/aromatic N) is 2. The molecule has 0 radical (unpaired) electrons. The van der Waals surface area contributed by atoms with Crippen LogP contribution in [0.3, 0.4) is 0 Å². The second kappa shape index (κ2) is 10.1. The van der Waals surface area contributed by atoms with Crippen LogP contribution in [0.4, 0.5) is 0 Å². The van der Waals surface area contributed by atoms with Crippen LogP contribution in [0.2, 0.25) is 0 Å². The number of hydrogen-bond donors (Lipinski definition) is 0. The number of rotatable bonds is 6. The fourth-order valence-electron chi connectivity index (χ4n) is 6.53. The molecule has 204 valence electrons. The molecule has 0 N–H and O–H groups in total. The highest BCUT2D eigenvalue weighted by molar-refractivity contribution is 6.09. The van der Waals surface area contributed by atoms with Crippen molar-refractivity contribution in [1.82, 2.24) is 9.13 Å². The molecule has 0 bridgehead atoms. The van der Waals surface area contributed by atoms with E-state index in [4.69, 9.17) is 0 Å². The van der Waals surface area contributed by atoms with Crippen molar-refractivity contribution in [2.45, 2.75) is 26.2 Å². The minimum atomic E-state index is -0.159. The van der Waals surface area contributed by atoms with E-state index >= 15 is 0 Å². The predicted molar refractivity (Wildman–Crippen MR) is 181 cm³/mol. The summed E-state index contributed by atoms with van der Waals surface area (Å²) in [6.07, 6.45) is 6.24. The maximum absolute atomic E-state index is 4.15. The molecule has 2 aromatic heterocycles. The van der Waals surface area contributed by atoms with Gasteiger partial charge in [-0.3, -0.25) is 0 Å². The second-order valence-electron chi connectivity index (χ2n) is 11.4. The first kappa shape index (κ1) is 25.9. The number of allylic oxidation sites excluding steroid dienone is 1. The molecule has 2 nitrogen and oxygen atoms in total. The Hall–Kier alpha value is -5.08. The van der Waals surface area contributed by atoms with Gasteiger partial charge in [0.1, 0.15) is 0 Å². The second-order valence-corrected chi connectivity index (χ2v) is 11.4. The fourth-order valence-corrected chi connectivity index (χ4v) is 6.53. The summed E-state index contributed by atoms with van der Waals surface area (Å²) in [6, 6.07) is 44.0. The third-order valence-corrected chi connectivity index (χ3v) is 8.75. The quantitative estimate of drug-likeness (QED) is 0.198. The van der Waals surface area contributed by atoms with Gasteiger partial charge in [0, 0.05) is 38.5 Å². The van der Waals surface area contributed by atoms with Crippen LogP contribution in [0, 0.1) is 0 Å². The van der Waals surface area contributed by atoms with Gasteiger partial charge in [0.25, 0.3) is 0 Å². The number of aromatic nitrogens is 2. The summed E-state index contributed by atoms with van der Waals surface area (Å²) in [7, 11) is 0. The zero-order valence-corrected chi connectivity index (χ0v) is 24.4. The van der Waals surface area contributed by atoms with Crippen molar-refractivity contribution >= 4 is 44.9 Å². The van der Waals surface area contributed by atoms with Gasteiger partial charge < -0.3 is 9.13 Å². The summed E-state index contributed by atoms with van der Waals surface area (Å²) >= 11 is 0. The highest BCUT2D eigenvalue weighted by atomic mass is 15.0. The first-order valence-electron chi connectivity index (χ1n) is 14.6. The molecule has 0 spiro atoms. The van der Waals surface area contributed by atoms with Crippen molar-refractivity contribution in [1.29, 1.82) is 0 Å². The average Bonchev–Trinajstić information content (AvgIpc) is 3.54. The standard InChI is InChI=1S/C40H34N2/c1-5-13-32-33-14-7-10-17-37(33)41(36(32)6-2)30-24-20-28(21-25-30)40(3,4)29-22-26-31(27-23-29)42-38-18-11-8-15-34(38)35-16-9-12-19-39(35)42/h5-27H,2H2,1,3-4H3/b13-5-. The average molecular weight is 543 g/mol. The topological polar surface area (TPSA) is 9.86 Å². The molecule has 0 saturated heterocycles. The Morgan fingerprint density at radius 2 is 0.976 bits per heavy atom. The van der Waals surface area contributed by atoms with Gasteiger partial charge in [0.15, 0.2) is 0 Å². The molecular formula is C40H34N2. The minimum Gasteiger partial charge on any atom is -0.309 e. The van der Waals surface area contributed by atoms with Crippen LogP contribution in [0.5, 0.6) is 0 Å². The van der Waals surface area contributed by atoms with Crippen LogP contribution in [-0.2, 0) is 5.41 Å². The van der Waals surface area contributed by atoms with Gasteiger partial charge >= 0.3 is 0 Å². The molecule has 0 unspecified atom stereocenters. The van der Waals surface area contributed by atoms with Crippen molar-refractivity contribution < 1.29 is 0 Å². The number of para-hydroxylation sites is 3. The molecule has 42 heavy (non-hydrogen) atoms. The first-order valence-corrected chi connectivity index (χ1v) is 14.6. The van der Waals surface area contributed by atoms with E-state index in [9.17, 15) is 0 Å². The van der Waals surface area contributed by atoms with Crippen molar-refractivity contribution in [3.8, 4) is 11.4 Å². The van der Waals surface area contributed by atoms with Crippen molar-refractivity contribution in [3.05, 3.63) is 156 Å². The van der Waals surface area contributed by atoms with E-state index < -0.39 is 0 Å². The van der Waals surface area contributed by atoms with Crippen molar-refractivity contribution in [3.63, 3.8) is 0 Å². The van der Waals surface area contributed by atoms with Gasteiger partial charge in [-0.05, 0) is 66.6 Å². The molecule has 2 heteroatoms. The summed E-state index contributed by atoms with van der Waals surface area (Å²) in [5.74, 6) is 0. The van der Waals surface area contributed by atoms with Gasteiger partial charge in [-0.1, -0.05) is 111 Å². The highest BCUT2D eigenvalue weighted by Gasteiger charge is 2.24. The van der Waals surface area contributed by atoms with Crippen LogP contribution < -0.4 is 0 Å². The van der Waals surface area contributed by atoms with E-state index in [2.05, 4.69) is 170 Å². The third-order valence-electron chi connectivity index (χ3n) is 8.75. The van der Waals surface area contributed by atoms with Gasteiger partial charge in [0.05, 0.1) is 22.2 Å². The minimum absolute atomic E-state index is 0.159. The molecular weight excluding hydrogens is 508 g/mol.